The maximum Gasteiger partial charge on any atom is 0.188 e. The van der Waals surface area contributed by atoms with Crippen molar-refractivity contribution in [3.63, 3.8) is 0 Å². The van der Waals surface area contributed by atoms with Gasteiger partial charge in [0.1, 0.15) is 11.3 Å². The first kappa shape index (κ1) is 20.9. The van der Waals surface area contributed by atoms with Gasteiger partial charge in [-0.05, 0) is 41.3 Å². The van der Waals surface area contributed by atoms with Crippen molar-refractivity contribution in [1.82, 2.24) is 9.80 Å². The van der Waals surface area contributed by atoms with E-state index in [2.05, 4.69) is 59.2 Å². The van der Waals surface area contributed by atoms with E-state index in [1.807, 2.05) is 30.3 Å². The molecule has 1 aliphatic carbocycles. The number of methoxy groups -OCH3 is 1. The second-order valence-electron chi connectivity index (χ2n) is 8.94. The van der Waals surface area contributed by atoms with E-state index < -0.39 is 5.54 Å². The molecule has 0 N–H and O–H groups in total. The lowest BCUT2D eigenvalue weighted by atomic mass is 9.83. The number of benzene rings is 3. The minimum atomic E-state index is -0.634. The molecule has 1 aliphatic heterocycles. The Bertz CT molecular complexity index is 1120. The molecule has 1 atom stereocenters. The minimum absolute atomic E-state index is 0.199. The minimum Gasteiger partial charge on any atom is -0.497 e. The summed E-state index contributed by atoms with van der Waals surface area (Å²) in [6.45, 7) is 6.80. The van der Waals surface area contributed by atoms with Crippen LogP contribution in [0.15, 0.2) is 72.8 Å². The summed E-state index contributed by atoms with van der Waals surface area (Å²) < 4.78 is 5.41. The molecule has 0 amide bonds. The van der Waals surface area contributed by atoms with Crippen molar-refractivity contribution in [1.29, 1.82) is 0 Å². The number of Topliss-reactive ketones (excluding diaryl/α,β-unsaturated/α-hetero) is 1. The van der Waals surface area contributed by atoms with Crippen LogP contribution in [0.3, 0.4) is 0 Å². The predicted molar refractivity (Wildman–Crippen MR) is 127 cm³/mol. The quantitative estimate of drug-likeness (QED) is 0.603. The van der Waals surface area contributed by atoms with Crippen molar-refractivity contribution in [2.75, 3.05) is 33.3 Å². The molecule has 1 saturated heterocycles. The van der Waals surface area contributed by atoms with Crippen LogP contribution in [0.4, 0.5) is 0 Å². The van der Waals surface area contributed by atoms with E-state index in [4.69, 9.17) is 4.74 Å². The highest BCUT2D eigenvalue weighted by molar-refractivity contribution is 6.08. The predicted octanol–water partition coefficient (Wildman–Crippen LogP) is 4.46. The zero-order valence-electron chi connectivity index (χ0n) is 18.9. The normalized spacial score (nSPS) is 21.5. The van der Waals surface area contributed by atoms with E-state index in [9.17, 15) is 4.79 Å². The van der Waals surface area contributed by atoms with Gasteiger partial charge in [0.25, 0.3) is 0 Å². The van der Waals surface area contributed by atoms with Crippen LogP contribution in [0.25, 0.3) is 0 Å². The van der Waals surface area contributed by atoms with Gasteiger partial charge >= 0.3 is 0 Å². The topological polar surface area (TPSA) is 32.8 Å². The lowest BCUT2D eigenvalue weighted by molar-refractivity contribution is 0.0288. The Balaban J connectivity index is 1.43. The smallest absolute Gasteiger partial charge is 0.188 e. The highest BCUT2D eigenvalue weighted by atomic mass is 16.5. The van der Waals surface area contributed by atoms with Gasteiger partial charge in [0.05, 0.1) is 7.11 Å². The molecule has 5 rings (SSSR count). The van der Waals surface area contributed by atoms with Gasteiger partial charge in [-0.25, -0.2) is 0 Å². The van der Waals surface area contributed by atoms with Crippen LogP contribution in [0, 0.1) is 6.92 Å². The Kier molecular flexibility index (Phi) is 5.58. The molecule has 3 aromatic carbocycles. The summed E-state index contributed by atoms with van der Waals surface area (Å²) >= 11 is 0. The Labute approximate surface area is 190 Å². The largest absolute Gasteiger partial charge is 0.497 e. The third-order valence-corrected chi connectivity index (χ3v) is 7.20. The second kappa shape index (κ2) is 8.53. The van der Waals surface area contributed by atoms with Crippen molar-refractivity contribution in [3.05, 3.63) is 101 Å². The van der Waals surface area contributed by atoms with Gasteiger partial charge in [0.2, 0.25) is 0 Å². The molecule has 1 fully saturated rings. The van der Waals surface area contributed by atoms with Gasteiger partial charge in [-0.2, -0.15) is 0 Å². The molecule has 1 unspecified atom stereocenters. The third kappa shape index (κ3) is 3.54. The summed E-state index contributed by atoms with van der Waals surface area (Å²) in [7, 11) is 1.65. The number of fused-ring (bicyclic) bond motifs is 1. The van der Waals surface area contributed by atoms with Gasteiger partial charge in [-0.15, -0.1) is 0 Å². The van der Waals surface area contributed by atoms with Crippen LogP contribution >= 0.6 is 0 Å². The summed E-state index contributed by atoms with van der Waals surface area (Å²) in [4.78, 5) is 18.9. The van der Waals surface area contributed by atoms with Crippen molar-refractivity contribution < 1.29 is 9.53 Å². The van der Waals surface area contributed by atoms with Crippen LogP contribution in [-0.4, -0.2) is 48.9 Å². The van der Waals surface area contributed by atoms with Crippen LogP contribution in [0.5, 0.6) is 5.75 Å². The summed E-state index contributed by atoms with van der Waals surface area (Å²) in [5, 5.41) is 0. The lowest BCUT2D eigenvalue weighted by Crippen LogP contribution is -2.58. The summed E-state index contributed by atoms with van der Waals surface area (Å²) in [5.41, 5.74) is 5.09. The third-order valence-electron chi connectivity index (χ3n) is 7.20. The van der Waals surface area contributed by atoms with Crippen molar-refractivity contribution in [2.45, 2.75) is 25.4 Å². The number of ketones is 1. The first-order chi connectivity index (χ1) is 15.6. The van der Waals surface area contributed by atoms with E-state index >= 15 is 0 Å². The molecule has 0 radical (unpaired) electrons. The molecule has 164 valence electrons. The number of carbonyl (C=O) groups is 1. The number of carbonyl (C=O) groups excluding carboxylic acids is 1. The lowest BCUT2D eigenvalue weighted by Gasteiger charge is -2.45. The Hall–Kier alpha value is -2.95. The molecule has 2 aliphatic rings. The zero-order valence-corrected chi connectivity index (χ0v) is 18.9. The number of aryl methyl sites for hydroxylation is 1. The van der Waals surface area contributed by atoms with E-state index in [0.29, 0.717) is 6.42 Å². The molecular formula is C28H30N2O2. The molecule has 0 saturated carbocycles. The molecule has 3 aromatic rings. The number of hydrogen-bond donors (Lipinski definition) is 0. The van der Waals surface area contributed by atoms with Gasteiger partial charge in [0, 0.05) is 44.7 Å². The number of rotatable bonds is 5. The maximum absolute atomic E-state index is 14.0. The second-order valence-corrected chi connectivity index (χ2v) is 8.94. The van der Waals surface area contributed by atoms with Crippen LogP contribution in [0.1, 0.15) is 32.6 Å². The van der Waals surface area contributed by atoms with Gasteiger partial charge in [-0.1, -0.05) is 60.7 Å². The highest BCUT2D eigenvalue weighted by Crippen LogP contribution is 2.44. The molecule has 1 heterocycles. The number of piperazine rings is 1. The fraction of sp³-hybridized carbons (Fsp3) is 0.321. The number of nitrogens with zero attached hydrogens (tertiary/aromatic N) is 2. The van der Waals surface area contributed by atoms with Gasteiger partial charge < -0.3 is 4.74 Å². The van der Waals surface area contributed by atoms with Crippen molar-refractivity contribution in [3.8, 4) is 5.75 Å². The molecule has 0 bridgehead atoms. The molecular weight excluding hydrogens is 396 g/mol. The summed E-state index contributed by atoms with van der Waals surface area (Å²) in [6, 6.07) is 24.9. The van der Waals surface area contributed by atoms with E-state index in [1.165, 1.54) is 11.1 Å². The summed E-state index contributed by atoms with van der Waals surface area (Å²) in [6.07, 6.45) is 0.715. The van der Waals surface area contributed by atoms with E-state index in [1.54, 1.807) is 7.11 Å². The van der Waals surface area contributed by atoms with E-state index in [-0.39, 0.29) is 5.78 Å². The molecule has 32 heavy (non-hydrogen) atoms. The van der Waals surface area contributed by atoms with Gasteiger partial charge in [-0.3, -0.25) is 14.6 Å². The first-order valence-corrected chi connectivity index (χ1v) is 11.4. The zero-order chi connectivity index (χ0) is 22.1. The van der Waals surface area contributed by atoms with Crippen molar-refractivity contribution >= 4 is 5.78 Å². The SMILES string of the molecule is COc1ccc2c(c1)C(=O)C(c1ccccc1)(N1CCN(Cc3ccccc3C)CC1)C2. The van der Waals surface area contributed by atoms with Gasteiger partial charge in [0.15, 0.2) is 5.78 Å². The molecule has 4 heteroatoms. The fourth-order valence-corrected chi connectivity index (χ4v) is 5.33. The summed E-state index contributed by atoms with van der Waals surface area (Å²) in [5.74, 6) is 0.939. The molecule has 0 aromatic heterocycles. The fourth-order valence-electron chi connectivity index (χ4n) is 5.33. The highest BCUT2D eigenvalue weighted by Gasteiger charge is 2.51. The number of hydrogen-bond acceptors (Lipinski definition) is 4. The van der Waals surface area contributed by atoms with Crippen LogP contribution in [0.2, 0.25) is 0 Å². The number of ether oxygens (including phenoxy) is 1. The van der Waals surface area contributed by atoms with Crippen LogP contribution < -0.4 is 4.74 Å². The Morgan fingerprint density at radius 1 is 0.906 bits per heavy atom. The molecule has 4 nitrogen and oxygen atoms in total. The standard InChI is InChI=1S/C28H30N2O2/c1-21-8-6-7-9-23(21)20-29-14-16-30(17-15-29)28(24-10-4-3-5-11-24)19-22-12-13-25(32-2)18-26(22)27(28)31/h3-13,18H,14-17,19-20H2,1-2H3. The van der Waals surface area contributed by atoms with Crippen molar-refractivity contribution in [2.24, 2.45) is 0 Å². The average molecular weight is 427 g/mol. The Morgan fingerprint density at radius 2 is 1.62 bits per heavy atom. The average Bonchev–Trinajstić information content (AvgIpc) is 3.14. The monoisotopic (exact) mass is 426 g/mol. The van der Waals surface area contributed by atoms with Crippen LogP contribution in [-0.2, 0) is 18.5 Å². The van der Waals surface area contributed by atoms with E-state index in [0.717, 1.165) is 55.2 Å². The molecule has 0 spiro atoms. The Morgan fingerprint density at radius 3 is 2.34 bits per heavy atom. The maximum atomic E-state index is 14.0. The first-order valence-electron chi connectivity index (χ1n) is 11.4.